The van der Waals surface area contributed by atoms with Crippen LogP contribution in [0.4, 0.5) is 0 Å². The molecule has 3 N–H and O–H groups in total. The van der Waals surface area contributed by atoms with Crippen molar-refractivity contribution in [3.63, 3.8) is 0 Å². The number of hydrogen-bond donors (Lipinski definition) is 2. The van der Waals surface area contributed by atoms with E-state index in [0.29, 0.717) is 13.1 Å². The predicted octanol–water partition coefficient (Wildman–Crippen LogP) is 0.426. The van der Waals surface area contributed by atoms with Crippen LogP contribution in [0.3, 0.4) is 0 Å². The maximum atomic E-state index is 11.2. The van der Waals surface area contributed by atoms with Gasteiger partial charge in [-0.05, 0) is 29.4 Å². The third-order valence-electron chi connectivity index (χ3n) is 2.36. The molecular weight excluding hydrogens is 210 g/mol. The highest BCUT2D eigenvalue weighted by molar-refractivity contribution is 7.07. The largest absolute Gasteiger partial charge is 0.358 e. The molecule has 84 valence electrons. The van der Waals surface area contributed by atoms with Crippen molar-refractivity contribution in [1.82, 2.24) is 10.2 Å². The van der Waals surface area contributed by atoms with E-state index >= 15 is 0 Å². The Bertz CT molecular complexity index is 300. The first-order valence-electron chi connectivity index (χ1n) is 4.82. The number of nitrogens with two attached hydrogens (primary N) is 1. The van der Waals surface area contributed by atoms with E-state index in [4.69, 9.17) is 5.73 Å². The molecule has 0 aliphatic rings. The van der Waals surface area contributed by atoms with Gasteiger partial charge in [-0.3, -0.25) is 9.69 Å². The fraction of sp³-hybridized carbons (Fsp3) is 0.500. The lowest BCUT2D eigenvalue weighted by atomic mass is 10.1. The second-order valence-corrected chi connectivity index (χ2v) is 4.18. The van der Waals surface area contributed by atoms with Crippen LogP contribution >= 0.6 is 11.3 Å². The molecule has 0 aliphatic carbocycles. The van der Waals surface area contributed by atoms with Gasteiger partial charge in [0, 0.05) is 19.6 Å². The SMILES string of the molecule is CNC(=O)CN(C)C(CN)c1ccsc1. The second-order valence-electron chi connectivity index (χ2n) is 3.40. The van der Waals surface area contributed by atoms with Crippen molar-refractivity contribution in [3.05, 3.63) is 22.4 Å². The molecule has 0 fully saturated rings. The zero-order valence-corrected chi connectivity index (χ0v) is 9.88. The van der Waals surface area contributed by atoms with E-state index in [2.05, 4.69) is 10.7 Å². The van der Waals surface area contributed by atoms with E-state index in [1.54, 1.807) is 18.4 Å². The van der Waals surface area contributed by atoms with Gasteiger partial charge >= 0.3 is 0 Å². The molecule has 0 spiro atoms. The molecule has 0 radical (unpaired) electrons. The molecule has 0 saturated carbocycles. The van der Waals surface area contributed by atoms with E-state index < -0.39 is 0 Å². The fourth-order valence-corrected chi connectivity index (χ4v) is 2.16. The Morgan fingerprint density at radius 1 is 1.73 bits per heavy atom. The van der Waals surface area contributed by atoms with Gasteiger partial charge in [-0.25, -0.2) is 0 Å². The van der Waals surface area contributed by atoms with E-state index in [1.165, 1.54) is 5.56 Å². The lowest BCUT2D eigenvalue weighted by Gasteiger charge is -2.25. The van der Waals surface area contributed by atoms with E-state index in [0.717, 1.165) is 0 Å². The molecule has 4 nitrogen and oxygen atoms in total. The van der Waals surface area contributed by atoms with E-state index in [-0.39, 0.29) is 11.9 Å². The van der Waals surface area contributed by atoms with Crippen molar-refractivity contribution in [3.8, 4) is 0 Å². The number of amides is 1. The topological polar surface area (TPSA) is 58.4 Å². The van der Waals surface area contributed by atoms with E-state index in [9.17, 15) is 4.79 Å². The lowest BCUT2D eigenvalue weighted by molar-refractivity contribution is -0.121. The number of hydrogen-bond acceptors (Lipinski definition) is 4. The Hall–Kier alpha value is -0.910. The van der Waals surface area contributed by atoms with Crippen LogP contribution in [0, 0.1) is 0 Å². The molecule has 1 heterocycles. The van der Waals surface area contributed by atoms with Crippen molar-refractivity contribution in [2.24, 2.45) is 5.73 Å². The summed E-state index contributed by atoms with van der Waals surface area (Å²) < 4.78 is 0. The van der Waals surface area contributed by atoms with Crippen LogP contribution in [0.2, 0.25) is 0 Å². The lowest BCUT2D eigenvalue weighted by Crippen LogP contribution is -2.38. The number of nitrogens with zero attached hydrogens (tertiary/aromatic N) is 1. The molecule has 0 aromatic carbocycles. The first kappa shape index (κ1) is 12.2. The van der Waals surface area contributed by atoms with Crippen LogP contribution in [0.5, 0.6) is 0 Å². The van der Waals surface area contributed by atoms with Gasteiger partial charge in [0.15, 0.2) is 0 Å². The number of carbonyl (C=O) groups excluding carboxylic acids is 1. The summed E-state index contributed by atoms with van der Waals surface area (Å²) in [7, 11) is 3.54. The van der Waals surface area contributed by atoms with Gasteiger partial charge in [0.25, 0.3) is 0 Å². The van der Waals surface area contributed by atoms with Crippen LogP contribution in [-0.2, 0) is 4.79 Å². The van der Waals surface area contributed by atoms with Crippen molar-refractivity contribution in [2.45, 2.75) is 6.04 Å². The molecule has 1 atom stereocenters. The maximum Gasteiger partial charge on any atom is 0.233 e. The Balaban J connectivity index is 2.63. The monoisotopic (exact) mass is 227 g/mol. The van der Waals surface area contributed by atoms with Gasteiger partial charge < -0.3 is 11.1 Å². The molecule has 1 aromatic heterocycles. The summed E-state index contributed by atoms with van der Waals surface area (Å²) in [6.07, 6.45) is 0. The molecular formula is C10H17N3OS. The summed E-state index contributed by atoms with van der Waals surface area (Å²) in [5.74, 6) is 0.00572. The third-order valence-corrected chi connectivity index (χ3v) is 3.06. The minimum Gasteiger partial charge on any atom is -0.358 e. The molecule has 0 aliphatic heterocycles. The van der Waals surface area contributed by atoms with Crippen molar-refractivity contribution >= 4 is 17.2 Å². The zero-order valence-electron chi connectivity index (χ0n) is 9.06. The Morgan fingerprint density at radius 3 is 2.93 bits per heavy atom. The zero-order chi connectivity index (χ0) is 11.3. The number of likely N-dealkylation sites (N-methyl/N-ethyl adjacent to an activating group) is 2. The van der Waals surface area contributed by atoms with Crippen LogP contribution in [0.15, 0.2) is 16.8 Å². The van der Waals surface area contributed by atoms with Crippen LogP contribution in [0.25, 0.3) is 0 Å². The van der Waals surface area contributed by atoms with Crippen LogP contribution < -0.4 is 11.1 Å². The molecule has 1 rings (SSSR count). The fourth-order valence-electron chi connectivity index (χ4n) is 1.45. The van der Waals surface area contributed by atoms with Gasteiger partial charge in [-0.15, -0.1) is 0 Å². The summed E-state index contributed by atoms with van der Waals surface area (Å²) in [6.45, 7) is 0.887. The number of thiophene rings is 1. The number of rotatable bonds is 5. The molecule has 1 aromatic rings. The third kappa shape index (κ3) is 3.30. The summed E-state index contributed by atoms with van der Waals surface area (Å²) >= 11 is 1.64. The second kappa shape index (κ2) is 5.85. The summed E-state index contributed by atoms with van der Waals surface area (Å²) in [4.78, 5) is 13.2. The molecule has 1 amide bonds. The first-order valence-corrected chi connectivity index (χ1v) is 5.76. The highest BCUT2D eigenvalue weighted by Crippen LogP contribution is 2.20. The average molecular weight is 227 g/mol. The van der Waals surface area contributed by atoms with Crippen molar-refractivity contribution < 1.29 is 4.79 Å². The number of nitrogens with one attached hydrogen (secondary N) is 1. The summed E-state index contributed by atoms with van der Waals surface area (Å²) in [5, 5.41) is 6.69. The van der Waals surface area contributed by atoms with Crippen molar-refractivity contribution in [2.75, 3.05) is 27.2 Å². The Kier molecular flexibility index (Phi) is 4.74. The van der Waals surface area contributed by atoms with Gasteiger partial charge in [-0.2, -0.15) is 11.3 Å². The first-order chi connectivity index (χ1) is 7.19. The Morgan fingerprint density at radius 2 is 2.47 bits per heavy atom. The van der Waals surface area contributed by atoms with Crippen molar-refractivity contribution in [1.29, 1.82) is 0 Å². The predicted molar refractivity (Wildman–Crippen MR) is 62.8 cm³/mol. The maximum absolute atomic E-state index is 11.2. The van der Waals surface area contributed by atoms with E-state index in [1.807, 2.05) is 23.4 Å². The smallest absolute Gasteiger partial charge is 0.233 e. The van der Waals surface area contributed by atoms with Gasteiger partial charge in [-0.1, -0.05) is 0 Å². The van der Waals surface area contributed by atoms with Gasteiger partial charge in [0.2, 0.25) is 5.91 Å². The van der Waals surface area contributed by atoms with Gasteiger partial charge in [0.05, 0.1) is 6.54 Å². The summed E-state index contributed by atoms with van der Waals surface area (Å²) in [5.41, 5.74) is 6.89. The van der Waals surface area contributed by atoms with Gasteiger partial charge in [0.1, 0.15) is 0 Å². The normalized spacial score (nSPS) is 12.8. The molecule has 5 heteroatoms. The molecule has 15 heavy (non-hydrogen) atoms. The standard InChI is InChI=1S/C10H17N3OS/c1-12-10(14)6-13(2)9(5-11)8-3-4-15-7-8/h3-4,7,9H,5-6,11H2,1-2H3,(H,12,14). The number of carbonyl (C=O) groups is 1. The molecule has 1 unspecified atom stereocenters. The summed E-state index contributed by atoms with van der Waals surface area (Å²) in [6, 6.07) is 2.16. The van der Waals surface area contributed by atoms with Crippen LogP contribution in [0.1, 0.15) is 11.6 Å². The minimum atomic E-state index is 0.00572. The molecule has 0 bridgehead atoms. The minimum absolute atomic E-state index is 0.00572. The average Bonchev–Trinajstić information content (AvgIpc) is 2.72. The van der Waals surface area contributed by atoms with Crippen LogP contribution in [-0.4, -0.2) is 38.0 Å². The Labute approximate surface area is 94.1 Å². The quantitative estimate of drug-likeness (QED) is 0.767. The molecule has 0 saturated heterocycles. The highest BCUT2D eigenvalue weighted by atomic mass is 32.1. The highest BCUT2D eigenvalue weighted by Gasteiger charge is 2.17.